The quantitative estimate of drug-likeness (QED) is 0.909. The lowest BCUT2D eigenvalue weighted by Gasteiger charge is -2.33. The van der Waals surface area contributed by atoms with Gasteiger partial charge >= 0.3 is 5.97 Å². The number of piperazine rings is 1. The third kappa shape index (κ3) is 2.70. The number of halogens is 1. The molecule has 1 aromatic heterocycles. The molecule has 2 heterocycles. The molecule has 0 radical (unpaired) electrons. The van der Waals surface area contributed by atoms with E-state index >= 15 is 0 Å². The van der Waals surface area contributed by atoms with Crippen molar-refractivity contribution in [2.45, 2.75) is 6.92 Å². The van der Waals surface area contributed by atoms with Gasteiger partial charge in [-0.25, -0.2) is 9.78 Å². The van der Waals surface area contributed by atoms with E-state index in [1.165, 1.54) is 0 Å². The van der Waals surface area contributed by atoms with Gasteiger partial charge in [-0.05, 0) is 6.54 Å². The first-order valence-corrected chi connectivity index (χ1v) is 6.68. The molecule has 0 unspecified atom stereocenters. The molecule has 2 rings (SSSR count). The molecule has 0 amide bonds. The number of aromatic nitrogens is 1. The average Bonchev–Trinajstić information content (AvgIpc) is 2.71. The van der Waals surface area contributed by atoms with Crippen LogP contribution in [0, 0.1) is 0 Å². The van der Waals surface area contributed by atoms with Gasteiger partial charge in [-0.15, -0.1) is 0 Å². The first-order valence-electron chi connectivity index (χ1n) is 5.48. The highest BCUT2D eigenvalue weighted by atomic mass is 35.5. The number of carbonyl (C=O) groups is 1. The molecule has 1 saturated heterocycles. The van der Waals surface area contributed by atoms with Crippen molar-refractivity contribution in [2.24, 2.45) is 0 Å². The Balaban J connectivity index is 2.08. The number of rotatable bonds is 3. The lowest BCUT2D eigenvalue weighted by molar-refractivity contribution is 0.0702. The van der Waals surface area contributed by atoms with Crippen LogP contribution in [0.1, 0.15) is 16.6 Å². The van der Waals surface area contributed by atoms with E-state index < -0.39 is 5.97 Å². The molecule has 7 heteroatoms. The molecule has 0 atom stereocenters. The fraction of sp³-hybridized carbons (Fsp3) is 0.600. The normalized spacial score (nSPS) is 17.4. The number of aromatic carboxylic acids is 1. The zero-order chi connectivity index (χ0) is 12.4. The van der Waals surface area contributed by atoms with Crippen molar-refractivity contribution in [1.82, 2.24) is 9.88 Å². The first kappa shape index (κ1) is 12.6. The second-order valence-electron chi connectivity index (χ2n) is 3.84. The lowest BCUT2D eigenvalue weighted by atomic mass is 10.3. The van der Waals surface area contributed by atoms with Crippen molar-refractivity contribution in [2.75, 3.05) is 37.6 Å². The molecular weight excluding hydrogens is 262 g/mol. The van der Waals surface area contributed by atoms with Crippen LogP contribution in [0.4, 0.5) is 5.13 Å². The third-order valence-corrected chi connectivity index (χ3v) is 4.35. The van der Waals surface area contributed by atoms with Crippen LogP contribution in [0.3, 0.4) is 0 Å². The number of nitrogens with zero attached hydrogens (tertiary/aromatic N) is 3. The zero-order valence-electron chi connectivity index (χ0n) is 9.52. The molecule has 94 valence electrons. The summed E-state index contributed by atoms with van der Waals surface area (Å²) < 4.78 is 0. The minimum absolute atomic E-state index is 0.0930. The SMILES string of the molecule is CCN1CCN(c2nc(Cl)c(C(=O)O)s2)CC1. The Morgan fingerprint density at radius 1 is 1.47 bits per heavy atom. The van der Waals surface area contributed by atoms with E-state index in [2.05, 4.69) is 21.7 Å². The number of carboxylic acids is 1. The Labute approximate surface area is 109 Å². The lowest BCUT2D eigenvalue weighted by Crippen LogP contribution is -2.46. The van der Waals surface area contributed by atoms with Gasteiger partial charge in [0.1, 0.15) is 0 Å². The molecule has 0 saturated carbocycles. The summed E-state index contributed by atoms with van der Waals surface area (Å²) in [5.41, 5.74) is 0. The second kappa shape index (κ2) is 5.20. The molecule has 0 aromatic carbocycles. The topological polar surface area (TPSA) is 56.7 Å². The molecule has 1 fully saturated rings. The highest BCUT2D eigenvalue weighted by Crippen LogP contribution is 2.30. The smallest absolute Gasteiger partial charge is 0.349 e. The summed E-state index contributed by atoms with van der Waals surface area (Å²) in [5, 5.41) is 9.72. The maximum absolute atomic E-state index is 10.9. The maximum atomic E-state index is 10.9. The molecule has 1 aliphatic heterocycles. The number of likely N-dealkylation sites (N-methyl/N-ethyl adjacent to an activating group) is 1. The van der Waals surface area contributed by atoms with Gasteiger partial charge in [0, 0.05) is 26.2 Å². The van der Waals surface area contributed by atoms with Crippen LogP contribution in [-0.2, 0) is 0 Å². The van der Waals surface area contributed by atoms with Gasteiger partial charge in [0.25, 0.3) is 0 Å². The number of thiazole rings is 1. The van der Waals surface area contributed by atoms with E-state index in [1.807, 2.05) is 0 Å². The summed E-state index contributed by atoms with van der Waals surface area (Å²) in [6, 6.07) is 0. The molecule has 0 bridgehead atoms. The number of anilines is 1. The number of hydrogen-bond acceptors (Lipinski definition) is 5. The molecule has 1 aromatic rings. The minimum Gasteiger partial charge on any atom is -0.477 e. The van der Waals surface area contributed by atoms with Crippen molar-refractivity contribution in [1.29, 1.82) is 0 Å². The van der Waals surface area contributed by atoms with Gasteiger partial charge in [-0.2, -0.15) is 0 Å². The monoisotopic (exact) mass is 275 g/mol. The van der Waals surface area contributed by atoms with Crippen LogP contribution < -0.4 is 4.90 Å². The standard InChI is InChI=1S/C10H14ClN3O2S/c1-2-13-3-5-14(6-4-13)10-12-8(11)7(17-10)9(15)16/h2-6H2,1H3,(H,15,16). The van der Waals surface area contributed by atoms with E-state index in [4.69, 9.17) is 16.7 Å². The first-order chi connectivity index (χ1) is 8.11. The predicted molar refractivity (Wildman–Crippen MR) is 68.4 cm³/mol. The predicted octanol–water partition coefficient (Wildman–Crippen LogP) is 1.64. The Morgan fingerprint density at radius 2 is 2.12 bits per heavy atom. The van der Waals surface area contributed by atoms with Crippen molar-refractivity contribution in [3.05, 3.63) is 10.0 Å². The largest absolute Gasteiger partial charge is 0.477 e. The Kier molecular flexibility index (Phi) is 3.86. The molecule has 0 aliphatic carbocycles. The average molecular weight is 276 g/mol. The van der Waals surface area contributed by atoms with Gasteiger partial charge in [0.15, 0.2) is 15.2 Å². The summed E-state index contributed by atoms with van der Waals surface area (Å²) in [4.78, 5) is 19.6. The van der Waals surface area contributed by atoms with Crippen molar-refractivity contribution in [3.63, 3.8) is 0 Å². The summed E-state index contributed by atoms with van der Waals surface area (Å²) in [5.74, 6) is -1.01. The van der Waals surface area contributed by atoms with E-state index in [0.29, 0.717) is 5.13 Å². The van der Waals surface area contributed by atoms with Gasteiger partial charge in [0.2, 0.25) is 0 Å². The number of carboxylic acid groups (broad SMARTS) is 1. The third-order valence-electron chi connectivity index (χ3n) is 2.86. The zero-order valence-corrected chi connectivity index (χ0v) is 11.1. The second-order valence-corrected chi connectivity index (χ2v) is 5.18. The van der Waals surface area contributed by atoms with Crippen molar-refractivity contribution < 1.29 is 9.90 Å². The van der Waals surface area contributed by atoms with Crippen LogP contribution in [0.5, 0.6) is 0 Å². The van der Waals surface area contributed by atoms with Gasteiger partial charge in [-0.3, -0.25) is 0 Å². The Bertz CT molecular complexity index is 416. The highest BCUT2D eigenvalue weighted by Gasteiger charge is 2.22. The summed E-state index contributed by atoms with van der Waals surface area (Å²) in [7, 11) is 0. The summed E-state index contributed by atoms with van der Waals surface area (Å²) in [6.45, 7) is 6.89. The van der Waals surface area contributed by atoms with E-state index in [-0.39, 0.29) is 10.0 Å². The van der Waals surface area contributed by atoms with E-state index in [0.717, 1.165) is 44.1 Å². The minimum atomic E-state index is -1.01. The van der Waals surface area contributed by atoms with Gasteiger partial charge < -0.3 is 14.9 Å². The molecular formula is C10H14ClN3O2S. The molecule has 17 heavy (non-hydrogen) atoms. The van der Waals surface area contributed by atoms with Crippen LogP contribution in [0.2, 0.25) is 5.15 Å². The fourth-order valence-corrected chi connectivity index (χ4v) is 2.99. The van der Waals surface area contributed by atoms with Crippen LogP contribution >= 0.6 is 22.9 Å². The highest BCUT2D eigenvalue weighted by molar-refractivity contribution is 7.18. The van der Waals surface area contributed by atoms with E-state index in [9.17, 15) is 4.79 Å². The number of hydrogen-bond donors (Lipinski definition) is 1. The van der Waals surface area contributed by atoms with Crippen LogP contribution in [-0.4, -0.2) is 53.7 Å². The van der Waals surface area contributed by atoms with Gasteiger partial charge in [0.05, 0.1) is 0 Å². The molecule has 1 N–H and O–H groups in total. The molecule has 5 nitrogen and oxygen atoms in total. The van der Waals surface area contributed by atoms with Crippen molar-refractivity contribution in [3.8, 4) is 0 Å². The maximum Gasteiger partial charge on any atom is 0.349 e. The molecule has 1 aliphatic rings. The summed E-state index contributed by atoms with van der Waals surface area (Å²) in [6.07, 6.45) is 0. The Morgan fingerprint density at radius 3 is 2.59 bits per heavy atom. The van der Waals surface area contributed by atoms with Crippen molar-refractivity contribution >= 4 is 34.0 Å². The van der Waals surface area contributed by atoms with Crippen LogP contribution in [0.25, 0.3) is 0 Å². The van der Waals surface area contributed by atoms with E-state index in [1.54, 1.807) is 0 Å². The molecule has 0 spiro atoms. The fourth-order valence-electron chi connectivity index (χ4n) is 1.81. The van der Waals surface area contributed by atoms with Gasteiger partial charge in [-0.1, -0.05) is 29.9 Å². The summed E-state index contributed by atoms with van der Waals surface area (Å²) >= 11 is 6.94. The van der Waals surface area contributed by atoms with Crippen LogP contribution in [0.15, 0.2) is 0 Å². The Hall–Kier alpha value is -0.850.